The van der Waals surface area contributed by atoms with Crippen molar-refractivity contribution in [2.24, 2.45) is 0 Å². The molecule has 2 aromatic heterocycles. The predicted molar refractivity (Wildman–Crippen MR) is 92.4 cm³/mol. The van der Waals surface area contributed by atoms with Crippen LogP contribution in [0.1, 0.15) is 26.0 Å². The highest BCUT2D eigenvalue weighted by atomic mass is 79.9. The predicted octanol–water partition coefficient (Wildman–Crippen LogP) is -0.768. The van der Waals surface area contributed by atoms with Crippen LogP contribution in [0.2, 0.25) is 0 Å². The SMILES string of the molecule is CCCC(=O)Nc1nc2c(nc(Br)n2[C@@H]2O[C@H](CO)[C@@H](O)[C@H]2O)c(=O)[nH]1. The molecule has 0 bridgehead atoms. The van der Waals surface area contributed by atoms with Crippen LogP contribution in [0.15, 0.2) is 9.53 Å². The first kappa shape index (κ1) is 18.9. The Bertz CT molecular complexity index is 883. The Morgan fingerprint density at radius 3 is 2.73 bits per heavy atom. The number of nitrogens with zero attached hydrogens (tertiary/aromatic N) is 3. The molecule has 11 nitrogen and oxygen atoms in total. The highest BCUT2D eigenvalue weighted by Gasteiger charge is 2.44. The Hall–Kier alpha value is -1.86. The van der Waals surface area contributed by atoms with E-state index in [4.69, 9.17) is 4.74 Å². The van der Waals surface area contributed by atoms with Gasteiger partial charge in [-0.3, -0.25) is 24.5 Å². The van der Waals surface area contributed by atoms with Crippen molar-refractivity contribution in [3.8, 4) is 0 Å². The monoisotopic (exact) mass is 431 g/mol. The molecule has 0 unspecified atom stereocenters. The maximum Gasteiger partial charge on any atom is 0.280 e. The molecule has 12 heteroatoms. The van der Waals surface area contributed by atoms with Gasteiger partial charge in [0.15, 0.2) is 22.1 Å². The molecular weight excluding hydrogens is 414 g/mol. The van der Waals surface area contributed by atoms with Crippen LogP contribution in [0.25, 0.3) is 11.2 Å². The zero-order valence-electron chi connectivity index (χ0n) is 13.7. The van der Waals surface area contributed by atoms with Gasteiger partial charge in [-0.2, -0.15) is 4.98 Å². The molecule has 0 aromatic carbocycles. The number of halogens is 1. The van der Waals surface area contributed by atoms with Crippen LogP contribution >= 0.6 is 15.9 Å². The first-order valence-electron chi connectivity index (χ1n) is 7.97. The quantitative estimate of drug-likeness (QED) is 0.385. The van der Waals surface area contributed by atoms with E-state index in [1.165, 1.54) is 4.57 Å². The summed E-state index contributed by atoms with van der Waals surface area (Å²) in [6, 6.07) is 0. The summed E-state index contributed by atoms with van der Waals surface area (Å²) in [6.45, 7) is 1.35. The molecule has 3 rings (SSSR count). The van der Waals surface area contributed by atoms with Crippen LogP contribution < -0.4 is 10.9 Å². The minimum atomic E-state index is -1.37. The molecule has 142 valence electrons. The van der Waals surface area contributed by atoms with Gasteiger partial charge in [0.25, 0.3) is 5.56 Å². The lowest BCUT2D eigenvalue weighted by molar-refractivity contribution is -0.116. The van der Waals surface area contributed by atoms with E-state index in [9.17, 15) is 24.9 Å². The van der Waals surface area contributed by atoms with Crippen molar-refractivity contribution in [2.75, 3.05) is 11.9 Å². The van der Waals surface area contributed by atoms with Crippen molar-refractivity contribution in [1.29, 1.82) is 0 Å². The number of aromatic amines is 1. The minimum absolute atomic E-state index is 0.0388. The maximum atomic E-state index is 12.2. The lowest BCUT2D eigenvalue weighted by Gasteiger charge is -2.17. The number of hydrogen-bond acceptors (Lipinski definition) is 8. The summed E-state index contributed by atoms with van der Waals surface area (Å²) in [7, 11) is 0. The van der Waals surface area contributed by atoms with Crippen molar-refractivity contribution in [1.82, 2.24) is 19.5 Å². The first-order valence-corrected chi connectivity index (χ1v) is 8.76. The van der Waals surface area contributed by atoms with E-state index in [1.807, 2.05) is 6.92 Å². The fourth-order valence-corrected chi connectivity index (χ4v) is 3.30. The third-order valence-corrected chi connectivity index (χ3v) is 4.57. The molecule has 1 fully saturated rings. The molecule has 1 aliphatic heterocycles. The maximum absolute atomic E-state index is 12.2. The molecule has 0 aliphatic carbocycles. The number of aromatic nitrogens is 4. The van der Waals surface area contributed by atoms with Gasteiger partial charge in [0, 0.05) is 6.42 Å². The molecule has 26 heavy (non-hydrogen) atoms. The fraction of sp³-hybridized carbons (Fsp3) is 0.571. The summed E-state index contributed by atoms with van der Waals surface area (Å²) in [4.78, 5) is 34.7. The number of aliphatic hydroxyl groups excluding tert-OH is 3. The van der Waals surface area contributed by atoms with Gasteiger partial charge in [-0.1, -0.05) is 6.92 Å². The second-order valence-electron chi connectivity index (χ2n) is 5.86. The average molecular weight is 432 g/mol. The Morgan fingerprint density at radius 2 is 2.12 bits per heavy atom. The molecule has 3 heterocycles. The van der Waals surface area contributed by atoms with Gasteiger partial charge in [-0.25, -0.2) is 4.98 Å². The molecule has 0 spiro atoms. The van der Waals surface area contributed by atoms with Crippen LogP contribution in [0.4, 0.5) is 5.95 Å². The van der Waals surface area contributed by atoms with Crippen molar-refractivity contribution in [3.63, 3.8) is 0 Å². The van der Waals surface area contributed by atoms with E-state index >= 15 is 0 Å². The standard InChI is InChI=1S/C14H18BrN5O6/c1-2-3-6(22)16-14-18-10-7(11(25)19-14)17-13(15)20(10)12-9(24)8(23)5(4-21)26-12/h5,8-9,12,21,23-24H,2-4H2,1H3,(H2,16,18,19,22,25)/t5-,8-,9-,12-/m1/s1. The topological polar surface area (TPSA) is 163 Å². The van der Waals surface area contributed by atoms with Crippen molar-refractivity contribution < 1.29 is 24.9 Å². The van der Waals surface area contributed by atoms with E-state index < -0.39 is 36.7 Å². The van der Waals surface area contributed by atoms with Gasteiger partial charge in [0.1, 0.15) is 18.3 Å². The van der Waals surface area contributed by atoms with Crippen LogP contribution in [0.3, 0.4) is 0 Å². The van der Waals surface area contributed by atoms with Crippen LogP contribution in [0.5, 0.6) is 0 Å². The van der Waals surface area contributed by atoms with Crippen LogP contribution in [-0.4, -0.2) is 65.7 Å². The highest BCUT2D eigenvalue weighted by molar-refractivity contribution is 9.10. The second-order valence-corrected chi connectivity index (χ2v) is 6.57. The zero-order chi connectivity index (χ0) is 19.0. The normalized spacial score (nSPS) is 25.7. The summed E-state index contributed by atoms with van der Waals surface area (Å²) in [5.41, 5.74) is -0.585. The van der Waals surface area contributed by atoms with Gasteiger partial charge in [-0.15, -0.1) is 0 Å². The molecule has 0 radical (unpaired) electrons. The molecule has 5 N–H and O–H groups in total. The van der Waals surface area contributed by atoms with E-state index in [2.05, 4.69) is 36.2 Å². The van der Waals surface area contributed by atoms with Gasteiger partial charge in [0.2, 0.25) is 11.9 Å². The molecular formula is C14H18BrN5O6. The third kappa shape index (κ3) is 3.25. The van der Waals surface area contributed by atoms with E-state index in [0.717, 1.165) is 0 Å². The van der Waals surface area contributed by atoms with Crippen LogP contribution in [-0.2, 0) is 9.53 Å². The summed E-state index contributed by atoms with van der Waals surface area (Å²) in [5.74, 6) is -0.380. The number of aliphatic hydroxyl groups is 3. The smallest absolute Gasteiger partial charge is 0.280 e. The molecule has 4 atom stereocenters. The Labute approximate surface area is 155 Å². The number of ether oxygens (including phenoxy) is 1. The highest BCUT2D eigenvalue weighted by Crippen LogP contribution is 2.33. The minimum Gasteiger partial charge on any atom is -0.394 e. The van der Waals surface area contributed by atoms with Gasteiger partial charge in [0.05, 0.1) is 6.61 Å². The molecule has 2 aromatic rings. The molecule has 1 saturated heterocycles. The van der Waals surface area contributed by atoms with Crippen molar-refractivity contribution >= 4 is 38.9 Å². The summed E-state index contributed by atoms with van der Waals surface area (Å²) in [6.07, 6.45) is -3.93. The first-order chi connectivity index (χ1) is 12.4. The average Bonchev–Trinajstić information content (AvgIpc) is 3.05. The number of anilines is 1. The lowest BCUT2D eigenvalue weighted by atomic mass is 10.1. The van der Waals surface area contributed by atoms with Gasteiger partial charge >= 0.3 is 0 Å². The van der Waals surface area contributed by atoms with Crippen LogP contribution in [0, 0.1) is 0 Å². The number of imidazole rings is 1. The summed E-state index contributed by atoms with van der Waals surface area (Å²) < 4.78 is 6.89. The number of carbonyl (C=O) groups excluding carboxylic acids is 1. The molecule has 1 aliphatic rings. The Morgan fingerprint density at radius 1 is 1.38 bits per heavy atom. The van der Waals surface area contributed by atoms with Crippen molar-refractivity contribution in [3.05, 3.63) is 15.1 Å². The molecule has 1 amide bonds. The number of fused-ring (bicyclic) bond motifs is 1. The summed E-state index contributed by atoms with van der Waals surface area (Å²) >= 11 is 3.18. The summed E-state index contributed by atoms with van der Waals surface area (Å²) in [5, 5.41) is 31.9. The number of rotatable bonds is 5. The zero-order valence-corrected chi connectivity index (χ0v) is 15.3. The lowest BCUT2D eigenvalue weighted by Crippen LogP contribution is -2.33. The van der Waals surface area contributed by atoms with E-state index in [0.29, 0.717) is 6.42 Å². The third-order valence-electron chi connectivity index (χ3n) is 4.01. The molecule has 0 saturated carbocycles. The van der Waals surface area contributed by atoms with Crippen molar-refractivity contribution in [2.45, 2.75) is 44.3 Å². The second kappa shape index (κ2) is 7.40. The number of H-pyrrole nitrogens is 1. The number of carbonyl (C=O) groups is 1. The van der Waals surface area contributed by atoms with E-state index in [-0.39, 0.29) is 34.2 Å². The number of nitrogens with one attached hydrogen (secondary N) is 2. The van der Waals surface area contributed by atoms with Gasteiger partial charge < -0.3 is 20.1 Å². The largest absolute Gasteiger partial charge is 0.394 e. The number of amides is 1. The van der Waals surface area contributed by atoms with E-state index in [1.54, 1.807) is 0 Å². The fourth-order valence-electron chi connectivity index (χ4n) is 2.76. The number of hydrogen-bond donors (Lipinski definition) is 5. The Kier molecular flexibility index (Phi) is 5.39. The Balaban J connectivity index is 2.06. The van der Waals surface area contributed by atoms with Gasteiger partial charge in [-0.05, 0) is 22.4 Å².